The minimum atomic E-state index is -1.15. The van der Waals surface area contributed by atoms with Gasteiger partial charge in [-0.25, -0.2) is 13.6 Å². The van der Waals surface area contributed by atoms with E-state index in [1.165, 1.54) is 6.07 Å². The zero-order chi connectivity index (χ0) is 15.9. The van der Waals surface area contributed by atoms with Gasteiger partial charge >= 0.3 is 5.97 Å². The van der Waals surface area contributed by atoms with Crippen molar-refractivity contribution in [3.8, 4) is 0 Å². The summed E-state index contributed by atoms with van der Waals surface area (Å²) in [6.45, 7) is 0. The molecule has 22 heavy (non-hydrogen) atoms. The maximum Gasteiger partial charge on any atom is 0.329 e. The Morgan fingerprint density at radius 1 is 1.18 bits per heavy atom. The van der Waals surface area contributed by atoms with E-state index in [1.54, 1.807) is 0 Å². The van der Waals surface area contributed by atoms with Crippen LogP contribution in [-0.4, -0.2) is 22.5 Å². The van der Waals surface area contributed by atoms with Crippen LogP contribution in [0.1, 0.15) is 43.6 Å². The molecule has 2 unspecified atom stereocenters. The Morgan fingerprint density at radius 2 is 1.86 bits per heavy atom. The summed E-state index contributed by atoms with van der Waals surface area (Å²) in [6.07, 6.45) is 2.98. The minimum absolute atomic E-state index is 0.164. The van der Waals surface area contributed by atoms with Gasteiger partial charge < -0.3 is 10.4 Å². The van der Waals surface area contributed by atoms with E-state index in [2.05, 4.69) is 5.32 Å². The molecule has 1 aromatic rings. The Balaban J connectivity index is 1.67. The van der Waals surface area contributed by atoms with Crippen LogP contribution in [0.2, 0.25) is 0 Å². The van der Waals surface area contributed by atoms with Crippen molar-refractivity contribution in [3.63, 3.8) is 0 Å². The van der Waals surface area contributed by atoms with Gasteiger partial charge in [0.15, 0.2) is 11.6 Å². The molecular weight excluding hydrogens is 292 g/mol. The Kier molecular flexibility index (Phi) is 3.62. The molecule has 1 aromatic carbocycles. The Morgan fingerprint density at radius 3 is 2.45 bits per heavy atom. The molecule has 0 bridgehead atoms. The number of hydrogen-bond acceptors (Lipinski definition) is 2. The van der Waals surface area contributed by atoms with Crippen LogP contribution >= 0.6 is 0 Å². The Bertz CT molecular complexity index is 626. The van der Waals surface area contributed by atoms with Crippen LogP contribution in [0.5, 0.6) is 0 Å². The molecule has 2 aliphatic rings. The Hall–Kier alpha value is -1.98. The van der Waals surface area contributed by atoms with E-state index in [0.29, 0.717) is 24.8 Å². The number of carboxylic acid groups (broad SMARTS) is 1. The van der Waals surface area contributed by atoms with E-state index in [9.17, 15) is 23.5 Å². The number of carbonyl (C=O) groups excluding carboxylic acids is 1. The van der Waals surface area contributed by atoms with Gasteiger partial charge in [-0.2, -0.15) is 0 Å². The molecule has 0 radical (unpaired) electrons. The molecule has 0 spiro atoms. The molecule has 6 heteroatoms. The average molecular weight is 309 g/mol. The van der Waals surface area contributed by atoms with Gasteiger partial charge in [0.05, 0.1) is 0 Å². The van der Waals surface area contributed by atoms with Gasteiger partial charge in [0.1, 0.15) is 5.54 Å². The van der Waals surface area contributed by atoms with Crippen molar-refractivity contribution in [1.82, 2.24) is 5.32 Å². The molecule has 1 amide bonds. The van der Waals surface area contributed by atoms with Gasteiger partial charge in [-0.15, -0.1) is 0 Å². The van der Waals surface area contributed by atoms with E-state index in [1.807, 2.05) is 0 Å². The number of benzene rings is 1. The number of carbonyl (C=O) groups is 2. The highest BCUT2D eigenvalue weighted by Crippen LogP contribution is 2.48. The van der Waals surface area contributed by atoms with Crippen molar-refractivity contribution < 1.29 is 23.5 Å². The van der Waals surface area contributed by atoms with Crippen molar-refractivity contribution in [2.24, 2.45) is 5.92 Å². The van der Waals surface area contributed by atoms with Gasteiger partial charge in [0.2, 0.25) is 5.91 Å². The van der Waals surface area contributed by atoms with Crippen LogP contribution in [-0.2, 0) is 9.59 Å². The van der Waals surface area contributed by atoms with Gasteiger partial charge in [-0.05, 0) is 42.9 Å². The first kappa shape index (κ1) is 14.9. The summed E-state index contributed by atoms with van der Waals surface area (Å²) in [6, 6.07) is 3.63. The second-order valence-electron chi connectivity index (χ2n) is 6.21. The zero-order valence-electron chi connectivity index (χ0n) is 11.9. The number of rotatable bonds is 4. The fourth-order valence-corrected chi connectivity index (χ4v) is 3.30. The summed E-state index contributed by atoms with van der Waals surface area (Å²) < 4.78 is 26.2. The second-order valence-corrected chi connectivity index (χ2v) is 6.21. The van der Waals surface area contributed by atoms with Gasteiger partial charge in [0, 0.05) is 5.92 Å². The Labute approximate surface area is 126 Å². The first-order valence-electron chi connectivity index (χ1n) is 7.43. The van der Waals surface area contributed by atoms with Crippen LogP contribution in [0.25, 0.3) is 0 Å². The fraction of sp³-hybridized carbons (Fsp3) is 0.500. The van der Waals surface area contributed by atoms with Crippen LogP contribution in [0.4, 0.5) is 8.78 Å². The molecule has 2 aliphatic carbocycles. The quantitative estimate of drug-likeness (QED) is 0.898. The summed E-state index contributed by atoms with van der Waals surface area (Å²) in [5.74, 6) is -3.67. The highest BCUT2D eigenvalue weighted by Gasteiger charge is 2.49. The third-order valence-corrected chi connectivity index (χ3v) is 4.73. The van der Waals surface area contributed by atoms with Gasteiger partial charge in [-0.3, -0.25) is 4.79 Å². The highest BCUT2D eigenvalue weighted by molar-refractivity contribution is 5.90. The molecule has 3 rings (SSSR count). The average Bonchev–Trinajstić information content (AvgIpc) is 3.14. The maximum atomic E-state index is 13.2. The standard InChI is InChI=1S/C16H17F2NO3/c17-12-4-3-9(7-13(12)18)10-8-11(10)14(20)19-16(15(21)22)5-1-2-6-16/h3-4,7,10-11H,1-2,5-6,8H2,(H,19,20)(H,21,22). The van der Waals surface area contributed by atoms with E-state index in [0.717, 1.165) is 25.0 Å². The van der Waals surface area contributed by atoms with Crippen LogP contribution in [0.15, 0.2) is 18.2 Å². The molecular formula is C16H17F2NO3. The first-order valence-corrected chi connectivity index (χ1v) is 7.43. The van der Waals surface area contributed by atoms with Crippen LogP contribution < -0.4 is 5.32 Å². The van der Waals surface area contributed by atoms with Crippen molar-refractivity contribution in [3.05, 3.63) is 35.4 Å². The SMILES string of the molecule is O=C(NC1(C(=O)O)CCCC1)C1CC1c1ccc(F)c(F)c1. The predicted octanol–water partition coefficient (Wildman–Crippen LogP) is 2.58. The summed E-state index contributed by atoms with van der Waals surface area (Å²) in [4.78, 5) is 23.7. The number of amides is 1. The number of halogens is 2. The lowest BCUT2D eigenvalue weighted by molar-refractivity contribution is -0.147. The molecule has 2 atom stereocenters. The summed E-state index contributed by atoms with van der Waals surface area (Å²) in [7, 11) is 0. The topological polar surface area (TPSA) is 66.4 Å². The monoisotopic (exact) mass is 309 g/mol. The fourth-order valence-electron chi connectivity index (χ4n) is 3.30. The third-order valence-electron chi connectivity index (χ3n) is 4.73. The second kappa shape index (κ2) is 5.34. The lowest BCUT2D eigenvalue weighted by atomic mass is 9.97. The van der Waals surface area contributed by atoms with Crippen LogP contribution in [0, 0.1) is 17.6 Å². The predicted molar refractivity (Wildman–Crippen MR) is 74.2 cm³/mol. The molecule has 0 saturated heterocycles. The molecule has 2 N–H and O–H groups in total. The van der Waals surface area contributed by atoms with E-state index < -0.39 is 23.1 Å². The lowest BCUT2D eigenvalue weighted by Crippen LogP contribution is -2.53. The summed E-state index contributed by atoms with van der Waals surface area (Å²) >= 11 is 0. The summed E-state index contributed by atoms with van der Waals surface area (Å²) in [5, 5.41) is 12.0. The minimum Gasteiger partial charge on any atom is -0.480 e. The van der Waals surface area contributed by atoms with E-state index >= 15 is 0 Å². The number of hydrogen-bond donors (Lipinski definition) is 2. The van der Waals surface area contributed by atoms with Crippen molar-refractivity contribution in [2.45, 2.75) is 43.6 Å². The molecule has 118 valence electrons. The number of carboxylic acids is 1. The maximum absolute atomic E-state index is 13.2. The molecule has 0 aromatic heterocycles. The largest absolute Gasteiger partial charge is 0.480 e. The molecule has 0 heterocycles. The number of aliphatic carboxylic acids is 1. The van der Waals surface area contributed by atoms with E-state index in [-0.39, 0.29) is 17.7 Å². The normalized spacial score (nSPS) is 25.7. The van der Waals surface area contributed by atoms with Gasteiger partial charge in [0.25, 0.3) is 0 Å². The zero-order valence-corrected chi connectivity index (χ0v) is 11.9. The first-order chi connectivity index (χ1) is 10.4. The van der Waals surface area contributed by atoms with Crippen molar-refractivity contribution >= 4 is 11.9 Å². The lowest BCUT2D eigenvalue weighted by Gasteiger charge is -2.25. The molecule has 4 nitrogen and oxygen atoms in total. The van der Waals surface area contributed by atoms with Crippen molar-refractivity contribution in [1.29, 1.82) is 0 Å². The summed E-state index contributed by atoms with van der Waals surface area (Å²) in [5.41, 5.74) is -0.576. The van der Waals surface area contributed by atoms with E-state index in [4.69, 9.17) is 0 Å². The smallest absolute Gasteiger partial charge is 0.329 e. The van der Waals surface area contributed by atoms with Crippen molar-refractivity contribution in [2.75, 3.05) is 0 Å². The molecule has 2 fully saturated rings. The molecule has 0 aliphatic heterocycles. The highest BCUT2D eigenvalue weighted by atomic mass is 19.2. The third kappa shape index (κ3) is 2.58. The van der Waals surface area contributed by atoms with Crippen LogP contribution in [0.3, 0.4) is 0 Å². The number of nitrogens with one attached hydrogen (secondary N) is 1. The van der Waals surface area contributed by atoms with Gasteiger partial charge in [-0.1, -0.05) is 18.9 Å². The molecule has 2 saturated carbocycles.